The molecule has 0 aromatic heterocycles. The summed E-state index contributed by atoms with van der Waals surface area (Å²) in [7, 11) is 1.57. The maximum absolute atomic E-state index is 12.9. The summed E-state index contributed by atoms with van der Waals surface area (Å²) >= 11 is 3.39. The quantitative estimate of drug-likeness (QED) is 0.637. The Hall–Kier alpha value is -2.13. The van der Waals surface area contributed by atoms with Gasteiger partial charge in [0.15, 0.2) is 5.78 Å². The van der Waals surface area contributed by atoms with Crippen LogP contribution in [0.3, 0.4) is 0 Å². The molecule has 3 heteroatoms. The summed E-state index contributed by atoms with van der Waals surface area (Å²) < 4.78 is 6.21. The molecule has 3 aromatic carbocycles. The first-order chi connectivity index (χ1) is 10.2. The number of hydrogen-bond donors (Lipinski definition) is 0. The van der Waals surface area contributed by atoms with E-state index >= 15 is 0 Å². The third-order valence-electron chi connectivity index (χ3n) is 3.44. The van der Waals surface area contributed by atoms with Gasteiger partial charge in [-0.1, -0.05) is 58.4 Å². The highest BCUT2D eigenvalue weighted by molar-refractivity contribution is 9.10. The summed E-state index contributed by atoms with van der Waals surface area (Å²) in [4.78, 5) is 12.9. The van der Waals surface area contributed by atoms with Crippen molar-refractivity contribution < 1.29 is 9.53 Å². The fraction of sp³-hybridized carbons (Fsp3) is 0.0556. The second-order valence-corrected chi connectivity index (χ2v) is 5.62. The highest BCUT2D eigenvalue weighted by atomic mass is 79.9. The van der Waals surface area contributed by atoms with Crippen LogP contribution in [0.5, 0.6) is 5.75 Å². The molecule has 0 spiro atoms. The van der Waals surface area contributed by atoms with Crippen LogP contribution < -0.4 is 4.74 Å². The van der Waals surface area contributed by atoms with Crippen LogP contribution in [0.15, 0.2) is 65.1 Å². The van der Waals surface area contributed by atoms with Crippen molar-refractivity contribution in [1.82, 2.24) is 0 Å². The molecule has 0 heterocycles. The van der Waals surface area contributed by atoms with E-state index < -0.39 is 0 Å². The summed E-state index contributed by atoms with van der Waals surface area (Å²) in [5.41, 5.74) is 1.26. The van der Waals surface area contributed by atoms with Crippen molar-refractivity contribution in [2.45, 2.75) is 0 Å². The molecular formula is C18H13BrO2. The minimum Gasteiger partial charge on any atom is -0.496 e. The molecule has 0 atom stereocenters. The fourth-order valence-electron chi connectivity index (χ4n) is 2.42. The maximum atomic E-state index is 12.9. The fourth-order valence-corrected chi connectivity index (χ4v) is 2.76. The Labute approximate surface area is 131 Å². The Bertz CT molecular complexity index is 819. The predicted octanol–water partition coefficient (Wildman–Crippen LogP) is 4.84. The number of carbonyl (C=O) groups excluding carboxylic acids is 1. The number of carbonyl (C=O) groups is 1. The van der Waals surface area contributed by atoms with Crippen molar-refractivity contribution >= 4 is 32.5 Å². The van der Waals surface area contributed by atoms with Crippen LogP contribution in [0.25, 0.3) is 10.8 Å². The zero-order valence-corrected chi connectivity index (χ0v) is 13.1. The molecule has 0 aliphatic rings. The van der Waals surface area contributed by atoms with Crippen molar-refractivity contribution in [1.29, 1.82) is 0 Å². The number of methoxy groups -OCH3 is 1. The number of ketones is 1. The number of benzene rings is 3. The zero-order valence-electron chi connectivity index (χ0n) is 11.5. The van der Waals surface area contributed by atoms with Crippen LogP contribution in [-0.2, 0) is 0 Å². The van der Waals surface area contributed by atoms with Crippen molar-refractivity contribution in [3.63, 3.8) is 0 Å². The standard InChI is InChI=1S/C18H13BrO2/c1-21-17-11-13(19)9-10-16(17)18(20)15-8-4-6-12-5-2-3-7-14(12)15/h2-11H,1H3. The van der Waals surface area contributed by atoms with Crippen molar-refractivity contribution in [3.8, 4) is 5.75 Å². The largest absolute Gasteiger partial charge is 0.496 e. The minimum atomic E-state index is -0.0313. The van der Waals surface area contributed by atoms with Crippen LogP contribution in [-0.4, -0.2) is 12.9 Å². The van der Waals surface area contributed by atoms with Crippen LogP contribution >= 0.6 is 15.9 Å². The van der Waals surface area contributed by atoms with Gasteiger partial charge in [0.1, 0.15) is 5.75 Å². The van der Waals surface area contributed by atoms with Crippen LogP contribution in [0, 0.1) is 0 Å². The molecule has 3 rings (SSSR count). The number of halogens is 1. The van der Waals surface area contributed by atoms with Gasteiger partial charge in [-0.3, -0.25) is 4.79 Å². The predicted molar refractivity (Wildman–Crippen MR) is 88.1 cm³/mol. The third kappa shape index (κ3) is 2.57. The number of ether oxygens (including phenoxy) is 1. The second-order valence-electron chi connectivity index (χ2n) is 4.70. The first kappa shape index (κ1) is 13.8. The lowest BCUT2D eigenvalue weighted by molar-refractivity contribution is 0.103. The smallest absolute Gasteiger partial charge is 0.197 e. The Morgan fingerprint density at radius 2 is 1.71 bits per heavy atom. The van der Waals surface area contributed by atoms with E-state index in [0.29, 0.717) is 16.9 Å². The minimum absolute atomic E-state index is 0.0313. The van der Waals surface area contributed by atoms with Crippen LogP contribution in [0.2, 0.25) is 0 Å². The van der Waals surface area contributed by atoms with E-state index in [4.69, 9.17) is 4.74 Å². The molecule has 0 saturated heterocycles. The molecule has 3 aromatic rings. The van der Waals surface area contributed by atoms with E-state index in [-0.39, 0.29) is 5.78 Å². The molecule has 104 valence electrons. The highest BCUT2D eigenvalue weighted by Gasteiger charge is 2.16. The Morgan fingerprint density at radius 3 is 2.52 bits per heavy atom. The molecule has 0 unspecified atom stereocenters. The van der Waals surface area contributed by atoms with Crippen LogP contribution in [0.1, 0.15) is 15.9 Å². The summed E-state index contributed by atoms with van der Waals surface area (Å²) in [6.45, 7) is 0. The van der Waals surface area contributed by atoms with E-state index in [9.17, 15) is 4.79 Å². The maximum Gasteiger partial charge on any atom is 0.197 e. The second kappa shape index (κ2) is 5.70. The Kier molecular flexibility index (Phi) is 3.76. The van der Waals surface area contributed by atoms with Gasteiger partial charge in [0.05, 0.1) is 12.7 Å². The lowest BCUT2D eigenvalue weighted by Gasteiger charge is -2.10. The van der Waals surface area contributed by atoms with E-state index in [0.717, 1.165) is 15.2 Å². The van der Waals surface area contributed by atoms with Crippen LogP contribution in [0.4, 0.5) is 0 Å². The zero-order chi connectivity index (χ0) is 14.8. The molecule has 0 amide bonds. The molecule has 0 aliphatic carbocycles. The molecular weight excluding hydrogens is 328 g/mol. The lowest BCUT2D eigenvalue weighted by atomic mass is 9.97. The SMILES string of the molecule is COc1cc(Br)ccc1C(=O)c1cccc2ccccc12. The average Bonchev–Trinajstić information content (AvgIpc) is 2.53. The van der Waals surface area contributed by atoms with Gasteiger partial charge in [0.2, 0.25) is 0 Å². The normalized spacial score (nSPS) is 10.6. The van der Waals surface area contributed by atoms with Gasteiger partial charge in [-0.25, -0.2) is 0 Å². The Balaban J connectivity index is 2.17. The highest BCUT2D eigenvalue weighted by Crippen LogP contribution is 2.28. The van der Waals surface area contributed by atoms with Gasteiger partial charge in [-0.2, -0.15) is 0 Å². The molecule has 0 saturated carbocycles. The van der Waals surface area contributed by atoms with E-state index in [1.807, 2.05) is 48.5 Å². The molecule has 2 nitrogen and oxygen atoms in total. The third-order valence-corrected chi connectivity index (χ3v) is 3.94. The first-order valence-corrected chi connectivity index (χ1v) is 7.36. The van der Waals surface area contributed by atoms with E-state index in [2.05, 4.69) is 15.9 Å². The molecule has 0 aliphatic heterocycles. The van der Waals surface area contributed by atoms with Gasteiger partial charge in [-0.05, 0) is 29.0 Å². The Morgan fingerprint density at radius 1 is 0.952 bits per heavy atom. The van der Waals surface area contributed by atoms with Gasteiger partial charge in [0.25, 0.3) is 0 Å². The summed E-state index contributed by atoms with van der Waals surface area (Å²) in [6, 6.07) is 19.1. The number of hydrogen-bond acceptors (Lipinski definition) is 2. The molecule has 0 radical (unpaired) electrons. The molecule has 0 bridgehead atoms. The first-order valence-electron chi connectivity index (χ1n) is 6.56. The van der Waals surface area contributed by atoms with Crippen molar-refractivity contribution in [3.05, 3.63) is 76.3 Å². The topological polar surface area (TPSA) is 26.3 Å². The van der Waals surface area contributed by atoms with Crippen molar-refractivity contribution in [2.75, 3.05) is 7.11 Å². The van der Waals surface area contributed by atoms with Crippen molar-refractivity contribution in [2.24, 2.45) is 0 Å². The molecule has 21 heavy (non-hydrogen) atoms. The summed E-state index contributed by atoms with van der Waals surface area (Å²) in [5, 5.41) is 2.01. The van der Waals surface area contributed by atoms with E-state index in [1.165, 1.54) is 0 Å². The number of fused-ring (bicyclic) bond motifs is 1. The van der Waals surface area contributed by atoms with Gasteiger partial charge < -0.3 is 4.74 Å². The van der Waals surface area contributed by atoms with Gasteiger partial charge >= 0.3 is 0 Å². The van der Waals surface area contributed by atoms with Gasteiger partial charge in [0, 0.05) is 10.0 Å². The number of rotatable bonds is 3. The monoisotopic (exact) mass is 340 g/mol. The van der Waals surface area contributed by atoms with Gasteiger partial charge in [-0.15, -0.1) is 0 Å². The summed E-state index contributed by atoms with van der Waals surface area (Å²) in [6.07, 6.45) is 0. The molecule has 0 N–H and O–H groups in total. The lowest BCUT2D eigenvalue weighted by Crippen LogP contribution is -2.04. The molecule has 0 fully saturated rings. The summed E-state index contributed by atoms with van der Waals surface area (Å²) in [5.74, 6) is 0.540. The average molecular weight is 341 g/mol. The van der Waals surface area contributed by atoms with E-state index in [1.54, 1.807) is 19.2 Å².